The van der Waals surface area contributed by atoms with Crippen LogP contribution in [0.25, 0.3) is 0 Å². The Bertz CT molecular complexity index is 1180. The summed E-state index contributed by atoms with van der Waals surface area (Å²) in [5, 5.41) is 0. The van der Waals surface area contributed by atoms with Crippen molar-refractivity contribution in [2.45, 2.75) is 59.2 Å². The summed E-state index contributed by atoms with van der Waals surface area (Å²) in [6.45, 7) is 9.93. The Morgan fingerprint density at radius 2 is 1.37 bits per heavy atom. The Balaban J connectivity index is 2.37. The molecule has 1 unspecified atom stereocenters. The Morgan fingerprint density at radius 1 is 0.763 bits per heavy atom. The molecule has 0 heterocycles. The Labute approximate surface area is 220 Å². The molecule has 11 nitrogen and oxygen atoms in total. The standard InChI is InChI=1S/C27H32O11/c1-25(2,3)37-35-22(30)19-15-17(9-10-18(19)21(29)33-7)20(28)16-11-13-27(14-12-16,23(31)34-8)24(32)36-38-26(4,5)6/h9-13,15H,14H2,1-8H3. The first kappa shape index (κ1) is 30.4. The highest BCUT2D eigenvalue weighted by Crippen LogP contribution is 2.34. The Kier molecular flexibility index (Phi) is 9.36. The molecule has 0 amide bonds. The normalized spacial score (nSPS) is 17.2. The largest absolute Gasteiger partial charge is 0.468 e. The van der Waals surface area contributed by atoms with E-state index in [-0.39, 0.29) is 28.7 Å². The highest BCUT2D eigenvalue weighted by atomic mass is 17.2. The molecular weight excluding hydrogens is 500 g/mol. The van der Waals surface area contributed by atoms with Crippen LogP contribution in [0.5, 0.6) is 0 Å². The van der Waals surface area contributed by atoms with E-state index in [0.29, 0.717) is 0 Å². The molecule has 1 atom stereocenters. The first-order valence-corrected chi connectivity index (χ1v) is 11.6. The van der Waals surface area contributed by atoms with Gasteiger partial charge in [-0.2, -0.15) is 9.78 Å². The summed E-state index contributed by atoms with van der Waals surface area (Å²) >= 11 is 0. The number of carbonyl (C=O) groups excluding carboxylic acids is 5. The van der Waals surface area contributed by atoms with Gasteiger partial charge in [0.25, 0.3) is 0 Å². The van der Waals surface area contributed by atoms with E-state index in [1.807, 2.05) is 0 Å². The molecule has 1 aromatic carbocycles. The van der Waals surface area contributed by atoms with Crippen molar-refractivity contribution in [2.75, 3.05) is 14.2 Å². The monoisotopic (exact) mass is 532 g/mol. The molecule has 206 valence electrons. The fourth-order valence-electron chi connectivity index (χ4n) is 3.13. The molecular formula is C27H32O11. The topological polar surface area (TPSA) is 141 Å². The summed E-state index contributed by atoms with van der Waals surface area (Å²) in [4.78, 5) is 83.2. The van der Waals surface area contributed by atoms with Gasteiger partial charge in [0.15, 0.2) is 11.2 Å². The maximum absolute atomic E-state index is 13.2. The number of carbonyl (C=O) groups is 5. The van der Waals surface area contributed by atoms with Crippen LogP contribution in [-0.4, -0.2) is 55.1 Å². The smallest absolute Gasteiger partial charge is 0.374 e. The van der Waals surface area contributed by atoms with Gasteiger partial charge in [0.05, 0.1) is 25.3 Å². The van der Waals surface area contributed by atoms with Crippen LogP contribution in [0.1, 0.15) is 79.0 Å². The molecule has 1 aliphatic rings. The highest BCUT2D eigenvalue weighted by molar-refractivity contribution is 6.14. The second-order valence-electron chi connectivity index (χ2n) is 10.4. The predicted octanol–water partition coefficient (Wildman–Crippen LogP) is 3.86. The average molecular weight is 533 g/mol. The van der Waals surface area contributed by atoms with E-state index in [2.05, 4.69) is 0 Å². The summed E-state index contributed by atoms with van der Waals surface area (Å²) in [5.74, 6) is -4.28. The minimum absolute atomic E-state index is 0.0282. The third kappa shape index (κ3) is 7.36. The molecule has 2 rings (SSSR count). The second kappa shape index (κ2) is 11.7. The number of allylic oxidation sites excluding steroid dienone is 3. The van der Waals surface area contributed by atoms with Crippen molar-refractivity contribution in [3.05, 3.63) is 58.7 Å². The number of esters is 2. The molecule has 1 aliphatic carbocycles. The number of hydrogen-bond acceptors (Lipinski definition) is 11. The van der Waals surface area contributed by atoms with Gasteiger partial charge in [-0.3, -0.25) is 19.4 Å². The molecule has 1 aromatic rings. The number of rotatable bonds is 8. The van der Waals surface area contributed by atoms with E-state index in [1.165, 1.54) is 36.4 Å². The zero-order chi connectivity index (χ0) is 28.9. The lowest BCUT2D eigenvalue weighted by molar-refractivity contribution is -0.325. The lowest BCUT2D eigenvalue weighted by Crippen LogP contribution is -2.42. The third-order valence-corrected chi connectivity index (χ3v) is 5.01. The molecule has 11 heteroatoms. The van der Waals surface area contributed by atoms with E-state index in [0.717, 1.165) is 14.2 Å². The van der Waals surface area contributed by atoms with E-state index in [9.17, 15) is 24.0 Å². The minimum Gasteiger partial charge on any atom is -0.468 e. The molecule has 0 aromatic heterocycles. The minimum atomic E-state index is -1.86. The molecule has 0 bridgehead atoms. The van der Waals surface area contributed by atoms with Crippen LogP contribution >= 0.6 is 0 Å². The Hall–Kier alpha value is -3.83. The maximum Gasteiger partial charge on any atom is 0.374 e. The zero-order valence-corrected chi connectivity index (χ0v) is 22.7. The van der Waals surface area contributed by atoms with Crippen molar-refractivity contribution >= 4 is 29.7 Å². The second-order valence-corrected chi connectivity index (χ2v) is 10.4. The van der Waals surface area contributed by atoms with E-state index >= 15 is 0 Å². The van der Waals surface area contributed by atoms with Gasteiger partial charge in [-0.25, -0.2) is 14.4 Å². The van der Waals surface area contributed by atoms with Crippen molar-refractivity contribution in [3.63, 3.8) is 0 Å². The van der Waals surface area contributed by atoms with Crippen LogP contribution in [0, 0.1) is 5.41 Å². The number of benzene rings is 1. The van der Waals surface area contributed by atoms with Crippen LogP contribution in [0.2, 0.25) is 0 Å². The van der Waals surface area contributed by atoms with Crippen LogP contribution in [0.3, 0.4) is 0 Å². The lowest BCUT2D eigenvalue weighted by atomic mass is 9.79. The van der Waals surface area contributed by atoms with Crippen molar-refractivity contribution in [1.29, 1.82) is 0 Å². The molecule has 0 aliphatic heterocycles. The van der Waals surface area contributed by atoms with Gasteiger partial charge in [0.2, 0.25) is 0 Å². The maximum atomic E-state index is 13.2. The van der Waals surface area contributed by atoms with Gasteiger partial charge in [0.1, 0.15) is 11.2 Å². The van der Waals surface area contributed by atoms with E-state index in [4.69, 9.17) is 29.0 Å². The number of methoxy groups -OCH3 is 2. The molecule has 0 saturated carbocycles. The van der Waals surface area contributed by atoms with Gasteiger partial charge < -0.3 is 9.47 Å². The first-order chi connectivity index (χ1) is 17.5. The summed E-state index contributed by atoms with van der Waals surface area (Å²) < 4.78 is 9.51. The molecule has 0 fully saturated rings. The van der Waals surface area contributed by atoms with Gasteiger partial charge in [-0.15, -0.1) is 0 Å². The predicted molar refractivity (Wildman–Crippen MR) is 132 cm³/mol. The highest BCUT2D eigenvalue weighted by Gasteiger charge is 2.48. The average Bonchev–Trinajstić information content (AvgIpc) is 2.87. The zero-order valence-electron chi connectivity index (χ0n) is 22.7. The summed E-state index contributed by atoms with van der Waals surface area (Å²) in [5.41, 5.74) is -3.75. The van der Waals surface area contributed by atoms with Gasteiger partial charge in [-0.1, -0.05) is 24.3 Å². The summed E-state index contributed by atoms with van der Waals surface area (Å²) in [6.07, 6.45) is 3.59. The lowest BCUT2D eigenvalue weighted by Gasteiger charge is -2.27. The number of ether oxygens (including phenoxy) is 2. The number of Topliss-reactive ketones (excluding diaryl/α,β-unsaturated/α-hetero) is 1. The SMILES string of the molecule is COC(=O)c1ccc(C(=O)C2=CCC(C(=O)OC)(C(=O)OOC(C)(C)C)C=C2)cc1C(=O)OOC(C)(C)C. The quantitative estimate of drug-likeness (QED) is 0.158. The molecule has 38 heavy (non-hydrogen) atoms. The van der Waals surface area contributed by atoms with Crippen LogP contribution in [0.4, 0.5) is 0 Å². The first-order valence-electron chi connectivity index (χ1n) is 11.6. The number of hydrogen-bond donors (Lipinski definition) is 0. The summed E-state index contributed by atoms with van der Waals surface area (Å²) in [7, 11) is 2.26. The molecule has 0 N–H and O–H groups in total. The van der Waals surface area contributed by atoms with Crippen molar-refractivity contribution in [2.24, 2.45) is 5.41 Å². The van der Waals surface area contributed by atoms with Crippen molar-refractivity contribution < 1.29 is 53.0 Å². The molecule has 0 saturated heterocycles. The van der Waals surface area contributed by atoms with Crippen molar-refractivity contribution in [1.82, 2.24) is 0 Å². The van der Waals surface area contributed by atoms with Gasteiger partial charge in [0, 0.05) is 11.1 Å². The number of ketones is 1. The molecule has 0 radical (unpaired) electrons. The van der Waals surface area contributed by atoms with E-state index in [1.54, 1.807) is 41.5 Å². The third-order valence-electron chi connectivity index (χ3n) is 5.01. The fraction of sp³-hybridized carbons (Fsp3) is 0.444. The van der Waals surface area contributed by atoms with Crippen LogP contribution in [0.15, 0.2) is 42.0 Å². The van der Waals surface area contributed by atoms with Crippen LogP contribution in [-0.2, 0) is 38.6 Å². The summed E-state index contributed by atoms with van der Waals surface area (Å²) in [6, 6.07) is 3.75. The Morgan fingerprint density at radius 3 is 1.87 bits per heavy atom. The van der Waals surface area contributed by atoms with Gasteiger partial charge in [-0.05, 0) is 60.1 Å². The fourth-order valence-corrected chi connectivity index (χ4v) is 3.13. The van der Waals surface area contributed by atoms with Crippen LogP contribution < -0.4 is 0 Å². The molecule has 0 spiro atoms. The van der Waals surface area contributed by atoms with E-state index < -0.39 is 46.3 Å². The van der Waals surface area contributed by atoms with Gasteiger partial charge >= 0.3 is 23.9 Å². The van der Waals surface area contributed by atoms with Crippen molar-refractivity contribution in [3.8, 4) is 0 Å².